The molecule has 7 heteroatoms. The van der Waals surface area contributed by atoms with E-state index in [1.165, 1.54) is 12.0 Å². The maximum Gasteiger partial charge on any atom is 0.305 e. The van der Waals surface area contributed by atoms with Crippen LogP contribution >= 0.6 is 0 Å². The number of methoxy groups -OCH3 is 1. The van der Waals surface area contributed by atoms with Gasteiger partial charge in [0, 0.05) is 23.9 Å². The molecule has 1 atom stereocenters. The maximum absolute atomic E-state index is 12.4. The van der Waals surface area contributed by atoms with Crippen LogP contribution in [0.25, 0.3) is 5.70 Å². The minimum atomic E-state index is -1.06. The summed E-state index contributed by atoms with van der Waals surface area (Å²) in [4.78, 5) is 37.0. The SMILES string of the molecule is C=C1c2ccccc2C(=O)N1CC(=O)NC(C)(COC)CC(=O)O. The Balaban J connectivity index is 2.09. The highest BCUT2D eigenvalue weighted by atomic mass is 16.5. The zero-order valence-electron chi connectivity index (χ0n) is 13.7. The van der Waals surface area contributed by atoms with Gasteiger partial charge in [0.15, 0.2) is 0 Å². The summed E-state index contributed by atoms with van der Waals surface area (Å²) in [6.45, 7) is 5.26. The van der Waals surface area contributed by atoms with Gasteiger partial charge in [-0.3, -0.25) is 19.3 Å². The third-order valence-electron chi connectivity index (χ3n) is 3.79. The Labute approximate surface area is 139 Å². The highest BCUT2D eigenvalue weighted by Gasteiger charge is 2.34. The average Bonchev–Trinajstić information content (AvgIpc) is 2.72. The van der Waals surface area contributed by atoms with Crippen molar-refractivity contribution in [1.82, 2.24) is 10.2 Å². The van der Waals surface area contributed by atoms with Gasteiger partial charge in [0.2, 0.25) is 5.91 Å². The maximum atomic E-state index is 12.4. The first-order chi connectivity index (χ1) is 11.3. The molecule has 2 rings (SSSR count). The van der Waals surface area contributed by atoms with Crippen LogP contribution in [0.5, 0.6) is 0 Å². The van der Waals surface area contributed by atoms with Crippen molar-refractivity contribution >= 4 is 23.5 Å². The zero-order chi connectivity index (χ0) is 17.9. The van der Waals surface area contributed by atoms with Crippen LogP contribution in [0.4, 0.5) is 0 Å². The van der Waals surface area contributed by atoms with Gasteiger partial charge in [-0.1, -0.05) is 24.8 Å². The number of rotatable bonds is 7. The molecule has 1 unspecified atom stereocenters. The standard InChI is InChI=1S/C17H20N2O5/c1-11-12-6-4-5-7-13(12)16(23)19(11)9-14(20)18-17(2,10-24-3)8-15(21)22/h4-7H,1,8-10H2,2-3H3,(H,18,20)(H,21,22). The molecule has 0 spiro atoms. The van der Waals surface area contributed by atoms with Crippen molar-refractivity contribution in [2.24, 2.45) is 0 Å². The van der Waals surface area contributed by atoms with Crippen molar-refractivity contribution in [3.63, 3.8) is 0 Å². The van der Waals surface area contributed by atoms with Gasteiger partial charge >= 0.3 is 5.97 Å². The normalized spacial score (nSPS) is 15.8. The minimum Gasteiger partial charge on any atom is -0.481 e. The summed E-state index contributed by atoms with van der Waals surface area (Å²) < 4.78 is 5.00. The van der Waals surface area contributed by atoms with Crippen LogP contribution in [0.1, 0.15) is 29.3 Å². The lowest BCUT2D eigenvalue weighted by Crippen LogP contribution is -2.53. The number of ether oxygens (including phenoxy) is 1. The molecule has 1 aliphatic rings. The third-order valence-corrected chi connectivity index (χ3v) is 3.79. The molecule has 7 nitrogen and oxygen atoms in total. The van der Waals surface area contributed by atoms with E-state index < -0.39 is 17.4 Å². The molecule has 0 radical (unpaired) electrons. The van der Waals surface area contributed by atoms with E-state index in [9.17, 15) is 14.4 Å². The number of carbonyl (C=O) groups is 3. The number of aliphatic carboxylic acids is 1. The van der Waals surface area contributed by atoms with E-state index in [1.54, 1.807) is 31.2 Å². The summed E-state index contributed by atoms with van der Waals surface area (Å²) in [5, 5.41) is 11.6. The predicted octanol–water partition coefficient (Wildman–Crippen LogP) is 1.11. The second-order valence-corrected chi connectivity index (χ2v) is 6.00. The first-order valence-corrected chi connectivity index (χ1v) is 7.39. The number of nitrogens with one attached hydrogen (secondary N) is 1. The van der Waals surface area contributed by atoms with Gasteiger partial charge in [0.05, 0.1) is 18.6 Å². The predicted molar refractivity (Wildman–Crippen MR) is 87.2 cm³/mol. The van der Waals surface area contributed by atoms with Crippen molar-refractivity contribution in [2.75, 3.05) is 20.3 Å². The molecule has 24 heavy (non-hydrogen) atoms. The molecule has 1 aliphatic heterocycles. The number of amides is 2. The van der Waals surface area contributed by atoms with Gasteiger partial charge in [-0.15, -0.1) is 0 Å². The Morgan fingerprint density at radius 1 is 1.33 bits per heavy atom. The van der Waals surface area contributed by atoms with E-state index in [4.69, 9.17) is 9.84 Å². The number of hydrogen-bond acceptors (Lipinski definition) is 4. The monoisotopic (exact) mass is 332 g/mol. The Bertz CT molecular complexity index is 665. The molecular formula is C17H20N2O5. The fourth-order valence-corrected chi connectivity index (χ4v) is 2.81. The lowest BCUT2D eigenvalue weighted by molar-refractivity contribution is -0.139. The van der Waals surface area contributed by atoms with E-state index >= 15 is 0 Å². The van der Waals surface area contributed by atoms with Gasteiger partial charge in [0.1, 0.15) is 6.54 Å². The van der Waals surface area contributed by atoms with Gasteiger partial charge in [-0.05, 0) is 13.0 Å². The summed E-state index contributed by atoms with van der Waals surface area (Å²) in [5.41, 5.74) is 0.590. The van der Waals surface area contributed by atoms with Crippen molar-refractivity contribution in [1.29, 1.82) is 0 Å². The summed E-state index contributed by atoms with van der Waals surface area (Å²) >= 11 is 0. The average molecular weight is 332 g/mol. The number of benzene rings is 1. The molecule has 1 aromatic rings. The zero-order valence-corrected chi connectivity index (χ0v) is 13.7. The largest absolute Gasteiger partial charge is 0.481 e. The van der Waals surface area contributed by atoms with Crippen LogP contribution in [-0.2, 0) is 14.3 Å². The summed E-state index contributed by atoms with van der Waals surface area (Å²) in [6, 6.07) is 6.99. The molecule has 0 aromatic heterocycles. The van der Waals surface area contributed by atoms with E-state index in [2.05, 4.69) is 11.9 Å². The molecule has 128 valence electrons. The first-order valence-electron chi connectivity index (χ1n) is 7.39. The van der Waals surface area contributed by atoms with Gasteiger partial charge in [-0.25, -0.2) is 0 Å². The van der Waals surface area contributed by atoms with Crippen LogP contribution in [-0.4, -0.2) is 53.6 Å². The molecule has 1 aromatic carbocycles. The van der Waals surface area contributed by atoms with Gasteiger partial charge in [0.25, 0.3) is 5.91 Å². The first kappa shape index (κ1) is 17.7. The molecule has 0 saturated carbocycles. The molecule has 2 N–H and O–H groups in total. The topological polar surface area (TPSA) is 95.9 Å². The highest BCUT2D eigenvalue weighted by Crippen LogP contribution is 2.30. The minimum absolute atomic E-state index is 0.0418. The second-order valence-electron chi connectivity index (χ2n) is 6.00. The second kappa shape index (κ2) is 6.84. The number of nitrogens with zero attached hydrogens (tertiary/aromatic N) is 1. The molecule has 0 fully saturated rings. The summed E-state index contributed by atoms with van der Waals surface area (Å²) in [5.74, 6) is -1.82. The Hall–Kier alpha value is -2.67. The fraction of sp³-hybridized carbons (Fsp3) is 0.353. The smallest absolute Gasteiger partial charge is 0.305 e. The molecule has 0 aliphatic carbocycles. The van der Waals surface area contributed by atoms with Crippen molar-refractivity contribution in [3.8, 4) is 0 Å². The van der Waals surface area contributed by atoms with Gasteiger partial charge in [-0.2, -0.15) is 0 Å². The fourth-order valence-electron chi connectivity index (χ4n) is 2.81. The summed E-state index contributed by atoms with van der Waals surface area (Å²) in [6.07, 6.45) is -0.290. The molecule has 0 saturated heterocycles. The van der Waals surface area contributed by atoms with Crippen LogP contribution in [0, 0.1) is 0 Å². The Kier molecular flexibility index (Phi) is 5.04. The number of hydrogen-bond donors (Lipinski definition) is 2. The lowest BCUT2D eigenvalue weighted by Gasteiger charge is -2.29. The van der Waals surface area contributed by atoms with Crippen LogP contribution in [0.3, 0.4) is 0 Å². The molecular weight excluding hydrogens is 312 g/mol. The van der Waals surface area contributed by atoms with E-state index in [1.807, 2.05) is 0 Å². The molecule has 0 bridgehead atoms. The quantitative estimate of drug-likeness (QED) is 0.780. The molecule has 1 heterocycles. The molecule has 2 amide bonds. The lowest BCUT2D eigenvalue weighted by atomic mass is 9.99. The number of carbonyl (C=O) groups excluding carboxylic acids is 2. The van der Waals surface area contributed by atoms with Crippen molar-refractivity contribution in [3.05, 3.63) is 42.0 Å². The van der Waals surface area contributed by atoms with Crippen LogP contribution in [0.15, 0.2) is 30.8 Å². The number of carboxylic acids is 1. The van der Waals surface area contributed by atoms with Crippen LogP contribution in [0.2, 0.25) is 0 Å². The van der Waals surface area contributed by atoms with Crippen molar-refractivity contribution in [2.45, 2.75) is 18.9 Å². The highest BCUT2D eigenvalue weighted by molar-refractivity contribution is 6.10. The van der Waals surface area contributed by atoms with E-state index in [0.29, 0.717) is 16.8 Å². The Morgan fingerprint density at radius 3 is 2.50 bits per heavy atom. The Morgan fingerprint density at radius 2 is 1.96 bits per heavy atom. The summed E-state index contributed by atoms with van der Waals surface area (Å²) in [7, 11) is 1.43. The van der Waals surface area contributed by atoms with Crippen molar-refractivity contribution < 1.29 is 24.2 Å². The van der Waals surface area contributed by atoms with Gasteiger partial charge < -0.3 is 15.2 Å². The van der Waals surface area contributed by atoms with E-state index in [0.717, 1.165) is 0 Å². The number of fused-ring (bicyclic) bond motifs is 1. The third kappa shape index (κ3) is 3.62. The number of carboxylic acid groups (broad SMARTS) is 1. The van der Waals surface area contributed by atoms with E-state index in [-0.39, 0.29) is 25.5 Å². The van der Waals surface area contributed by atoms with Crippen LogP contribution < -0.4 is 5.32 Å².